The van der Waals surface area contributed by atoms with Gasteiger partial charge >= 0.3 is 18.0 Å². The first-order chi connectivity index (χ1) is 16.0. The molecule has 0 saturated carbocycles. The maximum atomic E-state index is 12.6. The van der Waals surface area contributed by atoms with Crippen LogP contribution in [0.5, 0.6) is 0 Å². The lowest BCUT2D eigenvalue weighted by Crippen LogP contribution is -2.49. The summed E-state index contributed by atoms with van der Waals surface area (Å²) >= 11 is 0. The Morgan fingerprint density at radius 1 is 0.971 bits per heavy atom. The van der Waals surface area contributed by atoms with Crippen molar-refractivity contribution >= 4 is 23.9 Å². The van der Waals surface area contributed by atoms with Crippen LogP contribution in [-0.2, 0) is 23.9 Å². The highest BCUT2D eigenvalue weighted by atomic mass is 16.6. The molecule has 180 valence electrons. The van der Waals surface area contributed by atoms with E-state index in [0.717, 1.165) is 22.3 Å². The molecule has 0 saturated heterocycles. The topological polar surface area (TPSA) is 131 Å². The molecule has 0 aromatic heterocycles. The molecule has 2 aromatic carbocycles. The van der Waals surface area contributed by atoms with Gasteiger partial charge in [0.25, 0.3) is 0 Å². The number of benzene rings is 2. The van der Waals surface area contributed by atoms with Crippen LogP contribution in [-0.4, -0.2) is 53.8 Å². The van der Waals surface area contributed by atoms with Crippen LogP contribution in [0.2, 0.25) is 0 Å². The van der Waals surface area contributed by atoms with Crippen LogP contribution in [0, 0.1) is 0 Å². The minimum Gasteiger partial charge on any atom is -0.480 e. The fourth-order valence-electron chi connectivity index (χ4n) is 3.83. The molecule has 9 nitrogen and oxygen atoms in total. The lowest BCUT2D eigenvalue weighted by atomic mass is 9.98. The van der Waals surface area contributed by atoms with Crippen LogP contribution in [0.4, 0.5) is 4.79 Å². The molecule has 1 aliphatic rings. The van der Waals surface area contributed by atoms with Gasteiger partial charge in [-0.25, -0.2) is 4.79 Å². The third-order valence-electron chi connectivity index (χ3n) is 5.16. The maximum absolute atomic E-state index is 12.6. The summed E-state index contributed by atoms with van der Waals surface area (Å²) in [7, 11) is 0. The molecule has 0 spiro atoms. The monoisotopic (exact) mass is 468 g/mol. The Morgan fingerprint density at radius 2 is 1.53 bits per heavy atom. The van der Waals surface area contributed by atoms with Gasteiger partial charge in [0.05, 0.1) is 6.42 Å². The number of carboxylic acid groups (broad SMARTS) is 1. The lowest BCUT2D eigenvalue weighted by Gasteiger charge is -2.22. The molecule has 2 amide bonds. The van der Waals surface area contributed by atoms with Crippen molar-refractivity contribution in [3.8, 4) is 11.1 Å². The molecule has 3 N–H and O–H groups in total. The Morgan fingerprint density at radius 3 is 2.06 bits per heavy atom. The number of carbonyl (C=O) groups excluding carboxylic acids is 3. The standard InChI is InChI=1S/C25H28N2O7/c1-25(2,3)34-22(30)12-20(23(31)26-13-21(28)29)27-24(32)33-14-19-17-10-6-4-8-15(17)16-9-5-7-11-18(16)19/h4-11,19-20H,12-14H2,1-3H3,(H,26,31)(H,27,32)(H,28,29)/t20-/m0/s1. The van der Waals surface area contributed by atoms with E-state index in [1.165, 1.54) is 0 Å². The first kappa shape index (κ1) is 24.8. The Balaban J connectivity index is 1.67. The van der Waals surface area contributed by atoms with Crippen molar-refractivity contribution in [3.05, 3.63) is 59.7 Å². The SMILES string of the molecule is CC(C)(C)OC(=O)C[C@H](NC(=O)OCC1c2ccccc2-c2ccccc21)C(=O)NCC(=O)O. The quantitative estimate of drug-likeness (QED) is 0.508. The number of carbonyl (C=O) groups is 4. The third-order valence-corrected chi connectivity index (χ3v) is 5.16. The third kappa shape index (κ3) is 6.34. The molecule has 34 heavy (non-hydrogen) atoms. The number of amides is 2. The minimum atomic E-state index is -1.36. The first-order valence-electron chi connectivity index (χ1n) is 10.9. The number of carboxylic acids is 1. The molecular weight excluding hydrogens is 440 g/mol. The fourth-order valence-corrected chi connectivity index (χ4v) is 3.83. The number of hydrogen-bond donors (Lipinski definition) is 3. The van der Waals surface area contributed by atoms with E-state index >= 15 is 0 Å². The van der Waals surface area contributed by atoms with Crippen LogP contribution in [0.3, 0.4) is 0 Å². The van der Waals surface area contributed by atoms with E-state index in [4.69, 9.17) is 14.6 Å². The number of nitrogens with one attached hydrogen (secondary N) is 2. The second-order valence-electron chi connectivity index (χ2n) is 8.92. The predicted molar refractivity (Wildman–Crippen MR) is 123 cm³/mol. The number of rotatable bonds is 8. The second kappa shape index (κ2) is 10.4. The number of fused-ring (bicyclic) bond motifs is 3. The molecule has 0 fully saturated rings. The first-order valence-corrected chi connectivity index (χ1v) is 10.9. The Bertz CT molecular complexity index is 1050. The predicted octanol–water partition coefficient (Wildman–Crippen LogP) is 2.83. The van der Waals surface area contributed by atoms with Crippen molar-refractivity contribution < 1.29 is 33.8 Å². The van der Waals surface area contributed by atoms with Gasteiger partial charge in [0.2, 0.25) is 5.91 Å². The molecule has 0 unspecified atom stereocenters. The Hall–Kier alpha value is -3.88. The molecule has 0 aliphatic heterocycles. The van der Waals surface area contributed by atoms with Crippen LogP contribution in [0.25, 0.3) is 11.1 Å². The average molecular weight is 469 g/mol. The summed E-state index contributed by atoms with van der Waals surface area (Å²) in [6, 6.07) is 14.4. The largest absolute Gasteiger partial charge is 0.480 e. The van der Waals surface area contributed by atoms with Gasteiger partial charge in [-0.3, -0.25) is 14.4 Å². The molecule has 0 radical (unpaired) electrons. The van der Waals surface area contributed by atoms with Crippen molar-refractivity contribution in [1.29, 1.82) is 0 Å². The zero-order valence-corrected chi connectivity index (χ0v) is 19.3. The summed E-state index contributed by atoms with van der Waals surface area (Å²) in [5.41, 5.74) is 3.41. The number of aliphatic carboxylic acids is 1. The smallest absolute Gasteiger partial charge is 0.407 e. The molecule has 9 heteroatoms. The number of ether oxygens (including phenoxy) is 2. The summed E-state index contributed by atoms with van der Waals surface area (Å²) in [5.74, 6) is -2.99. The summed E-state index contributed by atoms with van der Waals surface area (Å²) in [6.45, 7) is 4.38. The van der Waals surface area contributed by atoms with Crippen LogP contribution in [0.1, 0.15) is 44.2 Å². The molecule has 3 rings (SSSR count). The van der Waals surface area contributed by atoms with E-state index < -0.39 is 48.5 Å². The molecule has 1 atom stereocenters. The Kier molecular flexibility index (Phi) is 7.55. The Labute approximate surface area is 197 Å². The summed E-state index contributed by atoms with van der Waals surface area (Å²) in [6.07, 6.45) is -1.38. The van der Waals surface area contributed by atoms with E-state index in [-0.39, 0.29) is 12.5 Å². The molecule has 0 bridgehead atoms. The number of alkyl carbamates (subject to hydrolysis) is 1. The zero-order chi connectivity index (χ0) is 24.9. The van der Waals surface area contributed by atoms with Gasteiger partial charge in [-0.05, 0) is 43.0 Å². The van der Waals surface area contributed by atoms with Crippen LogP contribution in [0.15, 0.2) is 48.5 Å². The van der Waals surface area contributed by atoms with Crippen molar-refractivity contribution in [2.45, 2.75) is 44.8 Å². The molecule has 2 aromatic rings. The highest BCUT2D eigenvalue weighted by Gasteiger charge is 2.31. The van der Waals surface area contributed by atoms with Crippen molar-refractivity contribution in [1.82, 2.24) is 10.6 Å². The molecule has 1 aliphatic carbocycles. The van der Waals surface area contributed by atoms with Gasteiger partial charge in [0, 0.05) is 5.92 Å². The van der Waals surface area contributed by atoms with Gasteiger partial charge < -0.3 is 25.2 Å². The second-order valence-corrected chi connectivity index (χ2v) is 8.92. The zero-order valence-electron chi connectivity index (χ0n) is 19.3. The van der Waals surface area contributed by atoms with Gasteiger partial charge in [-0.2, -0.15) is 0 Å². The van der Waals surface area contributed by atoms with Crippen molar-refractivity contribution in [3.63, 3.8) is 0 Å². The number of hydrogen-bond acceptors (Lipinski definition) is 6. The van der Waals surface area contributed by atoms with Gasteiger partial charge in [0.1, 0.15) is 24.8 Å². The normalized spacial score (nSPS) is 13.3. The minimum absolute atomic E-state index is 0.0236. The van der Waals surface area contributed by atoms with E-state index in [1.54, 1.807) is 20.8 Å². The summed E-state index contributed by atoms with van der Waals surface area (Å²) < 4.78 is 10.6. The van der Waals surface area contributed by atoms with Gasteiger partial charge in [0.15, 0.2) is 0 Å². The highest BCUT2D eigenvalue weighted by molar-refractivity contribution is 5.91. The fraction of sp³-hybridized carbons (Fsp3) is 0.360. The van der Waals surface area contributed by atoms with Crippen molar-refractivity contribution in [2.24, 2.45) is 0 Å². The van der Waals surface area contributed by atoms with Crippen LogP contribution >= 0.6 is 0 Å². The van der Waals surface area contributed by atoms with Gasteiger partial charge in [-0.15, -0.1) is 0 Å². The van der Waals surface area contributed by atoms with E-state index in [1.807, 2.05) is 48.5 Å². The summed E-state index contributed by atoms with van der Waals surface area (Å²) in [5, 5.41) is 13.3. The number of esters is 1. The summed E-state index contributed by atoms with van der Waals surface area (Å²) in [4.78, 5) is 48.0. The average Bonchev–Trinajstić information content (AvgIpc) is 3.08. The van der Waals surface area contributed by atoms with Crippen molar-refractivity contribution in [2.75, 3.05) is 13.2 Å². The highest BCUT2D eigenvalue weighted by Crippen LogP contribution is 2.44. The molecular formula is C25H28N2O7. The van der Waals surface area contributed by atoms with Gasteiger partial charge in [-0.1, -0.05) is 48.5 Å². The van der Waals surface area contributed by atoms with E-state index in [9.17, 15) is 19.2 Å². The van der Waals surface area contributed by atoms with Crippen LogP contribution < -0.4 is 10.6 Å². The van der Waals surface area contributed by atoms with E-state index in [0.29, 0.717) is 0 Å². The maximum Gasteiger partial charge on any atom is 0.407 e. The molecule has 0 heterocycles. The lowest BCUT2D eigenvalue weighted by molar-refractivity contribution is -0.156. The van der Waals surface area contributed by atoms with E-state index in [2.05, 4.69) is 10.6 Å².